The van der Waals surface area contributed by atoms with Gasteiger partial charge in [0.2, 0.25) is 0 Å². The normalized spacial score (nSPS) is 18.1. The highest BCUT2D eigenvalue weighted by Crippen LogP contribution is 2.40. The topological polar surface area (TPSA) is 36.5 Å². The van der Waals surface area contributed by atoms with E-state index in [1.165, 1.54) is 30.5 Å². The minimum atomic E-state index is -4.63. The fourth-order valence-corrected chi connectivity index (χ4v) is 3.88. The van der Waals surface area contributed by atoms with Gasteiger partial charge < -0.3 is 15.0 Å². The van der Waals surface area contributed by atoms with Crippen molar-refractivity contribution in [2.75, 3.05) is 36.6 Å². The van der Waals surface area contributed by atoms with Crippen LogP contribution >= 0.6 is 0 Å². The molecule has 4 rings (SSSR count). The molecular weight excluding hydrogens is 386 g/mol. The minimum absolute atomic E-state index is 0.165. The summed E-state index contributed by atoms with van der Waals surface area (Å²) in [5.74, 6) is -0.165. The Morgan fingerprint density at radius 1 is 0.931 bits per heavy atom. The van der Waals surface area contributed by atoms with Gasteiger partial charge in [-0.1, -0.05) is 18.2 Å². The Kier molecular flexibility index (Phi) is 6.84. The lowest BCUT2D eigenvalue weighted by Crippen LogP contribution is -2.38. The molecule has 158 valence electrons. The van der Waals surface area contributed by atoms with Gasteiger partial charge in [-0.3, -0.25) is 0 Å². The molecule has 0 aromatic heterocycles. The Morgan fingerprint density at radius 3 is 2.14 bits per heavy atom. The fourth-order valence-electron chi connectivity index (χ4n) is 3.88. The number of nitrogens with zero attached hydrogens (tertiary/aromatic N) is 1. The number of para-hydroxylation sites is 1. The van der Waals surface area contributed by atoms with E-state index in [4.69, 9.17) is 0 Å². The fraction of sp³-hybridized carbons (Fsp3) is 0.429. The van der Waals surface area contributed by atoms with Crippen LogP contribution in [-0.2, 0) is 0 Å². The number of benzene rings is 2. The van der Waals surface area contributed by atoms with Crippen molar-refractivity contribution in [2.24, 2.45) is 5.41 Å². The molecule has 2 N–H and O–H groups in total. The van der Waals surface area contributed by atoms with Crippen LogP contribution in [0.3, 0.4) is 0 Å². The number of ether oxygens (including phenoxy) is 1. The van der Waals surface area contributed by atoms with Crippen molar-refractivity contribution in [3.05, 3.63) is 54.6 Å². The molecule has 0 atom stereocenters. The zero-order valence-electron chi connectivity index (χ0n) is 16.0. The summed E-state index contributed by atoms with van der Waals surface area (Å²) in [5.41, 5.74) is 3.37. The largest absolute Gasteiger partial charge is 0.573 e. The summed E-state index contributed by atoms with van der Waals surface area (Å²) >= 11 is 0. The first-order chi connectivity index (χ1) is 13.9. The molecule has 0 unspecified atom stereocenters. The molecule has 2 aliphatic heterocycles. The van der Waals surface area contributed by atoms with Crippen LogP contribution < -0.4 is 20.5 Å². The van der Waals surface area contributed by atoms with Crippen molar-refractivity contribution in [2.45, 2.75) is 25.6 Å². The predicted molar refractivity (Wildman–Crippen MR) is 106 cm³/mol. The highest BCUT2D eigenvalue weighted by Gasteiger charge is 2.39. The van der Waals surface area contributed by atoms with E-state index in [-0.39, 0.29) is 5.75 Å². The number of anilines is 2. The quantitative estimate of drug-likeness (QED) is 0.541. The molecule has 0 amide bonds. The second-order valence-corrected chi connectivity index (χ2v) is 7.42. The van der Waals surface area contributed by atoms with Crippen LogP contribution in [0.5, 0.6) is 5.75 Å². The van der Waals surface area contributed by atoms with E-state index in [2.05, 4.69) is 15.0 Å². The molecule has 0 bridgehead atoms. The van der Waals surface area contributed by atoms with Crippen LogP contribution in [-0.4, -0.2) is 32.5 Å². The molecule has 0 aliphatic carbocycles. The van der Waals surface area contributed by atoms with Crippen LogP contribution in [0.4, 0.5) is 29.0 Å². The van der Waals surface area contributed by atoms with Gasteiger partial charge in [0.15, 0.2) is 0 Å². The molecular formula is C21H25F4N3O. The van der Waals surface area contributed by atoms with Gasteiger partial charge in [0, 0.05) is 18.8 Å². The first-order valence-corrected chi connectivity index (χ1v) is 9.62. The molecule has 2 saturated heterocycles. The maximum Gasteiger partial charge on any atom is 0.573 e. The number of rotatable bonds is 3. The highest BCUT2D eigenvalue weighted by molar-refractivity contribution is 5.50. The average molecular weight is 411 g/mol. The number of nitrogens with one attached hydrogen (secondary N) is 2. The van der Waals surface area contributed by atoms with Gasteiger partial charge in [0.25, 0.3) is 0 Å². The molecule has 0 saturated carbocycles. The van der Waals surface area contributed by atoms with E-state index in [9.17, 15) is 17.7 Å². The lowest BCUT2D eigenvalue weighted by atomic mass is 9.78. The number of alkyl halides is 3. The number of hydrogen-bond acceptors (Lipinski definition) is 4. The Bertz CT molecular complexity index is 747. The van der Waals surface area contributed by atoms with Crippen molar-refractivity contribution in [1.29, 1.82) is 0 Å². The molecule has 2 heterocycles. The maximum atomic E-state index is 12.1. The maximum absolute atomic E-state index is 12.1. The Morgan fingerprint density at radius 2 is 1.59 bits per heavy atom. The monoisotopic (exact) mass is 411 g/mol. The minimum Gasteiger partial charge on any atom is -0.406 e. The van der Waals surface area contributed by atoms with Gasteiger partial charge in [-0.25, -0.2) is 5.54 Å². The first kappa shape index (κ1) is 21.2. The van der Waals surface area contributed by atoms with Crippen molar-refractivity contribution in [1.82, 2.24) is 5.32 Å². The van der Waals surface area contributed by atoms with E-state index in [0.29, 0.717) is 11.1 Å². The van der Waals surface area contributed by atoms with Crippen LogP contribution in [0.1, 0.15) is 19.3 Å². The predicted octanol–water partition coefficient (Wildman–Crippen LogP) is 5.15. The second kappa shape index (κ2) is 9.35. The van der Waals surface area contributed by atoms with Crippen LogP contribution in [0.15, 0.2) is 54.6 Å². The molecule has 0 radical (unpaired) electrons. The number of piperidine rings is 1. The third-order valence-corrected chi connectivity index (χ3v) is 5.42. The average Bonchev–Trinajstić information content (AvgIpc) is 3.12. The van der Waals surface area contributed by atoms with E-state index in [0.717, 1.165) is 38.3 Å². The van der Waals surface area contributed by atoms with Gasteiger partial charge in [0.1, 0.15) is 5.75 Å². The van der Waals surface area contributed by atoms with Crippen LogP contribution in [0.2, 0.25) is 0 Å². The van der Waals surface area contributed by atoms with Crippen molar-refractivity contribution in [3.8, 4) is 5.75 Å². The van der Waals surface area contributed by atoms with Crippen LogP contribution in [0, 0.1) is 5.41 Å². The summed E-state index contributed by atoms with van der Waals surface area (Å²) in [6.45, 7) is 4.09. The second-order valence-electron chi connectivity index (χ2n) is 7.42. The molecule has 2 aromatic rings. The lowest BCUT2D eigenvalue weighted by molar-refractivity contribution is -0.274. The third kappa shape index (κ3) is 6.25. The van der Waals surface area contributed by atoms with Crippen molar-refractivity contribution < 1.29 is 22.4 Å². The van der Waals surface area contributed by atoms with Gasteiger partial charge in [-0.2, -0.15) is 0 Å². The molecule has 29 heavy (non-hydrogen) atoms. The summed E-state index contributed by atoms with van der Waals surface area (Å²) in [5, 5.41) is 3.38. The van der Waals surface area contributed by atoms with Gasteiger partial charge in [-0.05, 0) is 74.2 Å². The zero-order chi connectivity index (χ0) is 20.7. The smallest absolute Gasteiger partial charge is 0.406 e. The summed E-state index contributed by atoms with van der Waals surface area (Å²) in [6.07, 6.45) is -1.11. The van der Waals surface area contributed by atoms with E-state index < -0.39 is 6.36 Å². The van der Waals surface area contributed by atoms with Gasteiger partial charge in [-0.15, -0.1) is 17.7 Å². The standard InChI is InChI=1S/C15H19F3N2O.C6H6FN/c16-15(17,18)21-13-3-1-12(2-4-13)20-10-7-14(11-20)5-8-19-9-6-14;7-8-6-4-2-1-3-5-6/h1-4,19H,5-11H2;1-5,8H. The molecule has 4 nitrogen and oxygen atoms in total. The number of halogens is 4. The molecule has 1 spiro atoms. The summed E-state index contributed by atoms with van der Waals surface area (Å²) in [7, 11) is 0. The number of hydrogen-bond donors (Lipinski definition) is 2. The Labute approximate surface area is 167 Å². The Balaban J connectivity index is 0.000000252. The third-order valence-electron chi connectivity index (χ3n) is 5.42. The van der Waals surface area contributed by atoms with Crippen molar-refractivity contribution >= 4 is 11.4 Å². The Hall–Kier alpha value is -2.48. The molecule has 2 fully saturated rings. The highest BCUT2D eigenvalue weighted by atomic mass is 19.4. The molecule has 2 aromatic carbocycles. The van der Waals surface area contributed by atoms with Gasteiger partial charge in [0.05, 0.1) is 5.69 Å². The van der Waals surface area contributed by atoms with Gasteiger partial charge >= 0.3 is 6.36 Å². The SMILES string of the molecule is FC(F)(F)Oc1ccc(N2CCC3(CCNCC3)C2)cc1.FNc1ccccc1. The first-order valence-electron chi connectivity index (χ1n) is 9.62. The van der Waals surface area contributed by atoms with E-state index in [1.54, 1.807) is 36.4 Å². The van der Waals surface area contributed by atoms with E-state index in [1.807, 2.05) is 6.07 Å². The van der Waals surface area contributed by atoms with E-state index >= 15 is 0 Å². The molecule has 2 aliphatic rings. The zero-order valence-corrected chi connectivity index (χ0v) is 16.0. The van der Waals surface area contributed by atoms with Crippen LogP contribution in [0.25, 0.3) is 0 Å². The summed E-state index contributed by atoms with van der Waals surface area (Å²) in [6, 6.07) is 14.9. The summed E-state index contributed by atoms with van der Waals surface area (Å²) < 4.78 is 51.8. The van der Waals surface area contributed by atoms with Crippen molar-refractivity contribution in [3.63, 3.8) is 0 Å². The lowest BCUT2D eigenvalue weighted by Gasteiger charge is -2.34. The summed E-state index contributed by atoms with van der Waals surface area (Å²) in [4.78, 5) is 2.27. The molecule has 8 heteroatoms.